The summed E-state index contributed by atoms with van der Waals surface area (Å²) in [6, 6.07) is 15.1. The van der Waals surface area contributed by atoms with Crippen LogP contribution in [0.5, 0.6) is 0 Å². The lowest BCUT2D eigenvalue weighted by Gasteiger charge is -2.17. The minimum Gasteiger partial charge on any atom is -0.480 e. The fourth-order valence-corrected chi connectivity index (χ4v) is 4.14. The van der Waals surface area contributed by atoms with E-state index in [4.69, 9.17) is 4.74 Å². The van der Waals surface area contributed by atoms with E-state index in [0.29, 0.717) is 0 Å². The molecular weight excluding hydrogens is 452 g/mol. The molecule has 2 aromatic carbocycles. The zero-order valence-corrected chi connectivity index (χ0v) is 18.5. The molecule has 0 spiro atoms. The van der Waals surface area contributed by atoms with Gasteiger partial charge in [0, 0.05) is 6.54 Å². The maximum Gasteiger partial charge on any atom is 0.407 e. The Labute approximate surface area is 191 Å². The van der Waals surface area contributed by atoms with Crippen molar-refractivity contribution in [3.8, 4) is 0 Å². The van der Waals surface area contributed by atoms with Gasteiger partial charge < -0.3 is 25.6 Å². The van der Waals surface area contributed by atoms with Gasteiger partial charge in [-0.3, -0.25) is 4.79 Å². The van der Waals surface area contributed by atoms with E-state index in [2.05, 4.69) is 10.6 Å². The number of aliphatic hydroxyl groups is 1. The molecular formula is C22H26N2O8S. The van der Waals surface area contributed by atoms with Crippen LogP contribution < -0.4 is 10.6 Å². The number of amides is 2. The molecule has 0 radical (unpaired) electrons. The zero-order chi connectivity index (χ0) is 24.3. The predicted octanol–water partition coefficient (Wildman–Crippen LogP) is 1.10. The van der Waals surface area contributed by atoms with Crippen LogP contribution in [-0.4, -0.2) is 61.0 Å². The molecule has 178 valence electrons. The summed E-state index contributed by atoms with van der Waals surface area (Å²) >= 11 is 0. The Morgan fingerprint density at radius 1 is 0.970 bits per heavy atom. The number of carbonyl (C=O) groups is 3. The molecule has 4 N–H and O–H groups in total. The second kappa shape index (κ2) is 12.6. The fourth-order valence-electron chi connectivity index (χ4n) is 2.79. The standard InChI is InChI=1S/C22H26N2O8S/c25-17(14-23-22(29)32-15-16-7-3-1-4-8-16)13-20(26)24-19(21(27)28)11-12-33(30,31)18-9-5-2-6-10-18/h1-10,17,19,25H,11-15H2,(H,23,29)(H,24,26)(H,27,28)/t17-,19+/m1/s1. The van der Waals surface area contributed by atoms with Crippen LogP contribution in [0.4, 0.5) is 4.79 Å². The Hall–Kier alpha value is -3.44. The summed E-state index contributed by atoms with van der Waals surface area (Å²) in [6.45, 7) is -0.253. The third kappa shape index (κ3) is 9.29. The molecule has 2 atom stereocenters. The zero-order valence-electron chi connectivity index (χ0n) is 17.7. The Morgan fingerprint density at radius 3 is 2.18 bits per heavy atom. The highest BCUT2D eigenvalue weighted by Gasteiger charge is 2.25. The number of benzene rings is 2. The van der Waals surface area contributed by atoms with Gasteiger partial charge in [-0.1, -0.05) is 48.5 Å². The molecule has 0 saturated carbocycles. The lowest BCUT2D eigenvalue weighted by Crippen LogP contribution is -2.44. The number of aliphatic carboxylic acids is 1. The van der Waals surface area contributed by atoms with Crippen LogP contribution >= 0.6 is 0 Å². The number of sulfone groups is 1. The van der Waals surface area contributed by atoms with E-state index in [9.17, 15) is 33.0 Å². The Balaban J connectivity index is 1.75. The van der Waals surface area contributed by atoms with Crippen molar-refractivity contribution >= 4 is 27.8 Å². The van der Waals surface area contributed by atoms with Crippen LogP contribution in [0.2, 0.25) is 0 Å². The first-order valence-corrected chi connectivity index (χ1v) is 11.7. The van der Waals surface area contributed by atoms with E-state index in [1.165, 1.54) is 12.1 Å². The topological polar surface area (TPSA) is 159 Å². The number of rotatable bonds is 12. The van der Waals surface area contributed by atoms with Crippen LogP contribution in [-0.2, 0) is 30.8 Å². The molecule has 0 aromatic heterocycles. The molecule has 0 aliphatic heterocycles. The van der Waals surface area contributed by atoms with Crippen molar-refractivity contribution in [2.75, 3.05) is 12.3 Å². The summed E-state index contributed by atoms with van der Waals surface area (Å²) < 4.78 is 29.6. The van der Waals surface area contributed by atoms with Gasteiger partial charge >= 0.3 is 12.1 Å². The highest BCUT2D eigenvalue weighted by Crippen LogP contribution is 2.12. The fraction of sp³-hybridized carbons (Fsp3) is 0.318. The summed E-state index contributed by atoms with van der Waals surface area (Å²) in [6.07, 6.45) is -2.92. The lowest BCUT2D eigenvalue weighted by atomic mass is 10.2. The summed E-state index contributed by atoms with van der Waals surface area (Å²) in [5.74, 6) is -2.68. The number of carbonyl (C=O) groups excluding carboxylic acids is 2. The highest BCUT2D eigenvalue weighted by atomic mass is 32.2. The van der Waals surface area contributed by atoms with E-state index >= 15 is 0 Å². The van der Waals surface area contributed by atoms with Gasteiger partial charge in [0.1, 0.15) is 12.6 Å². The van der Waals surface area contributed by atoms with Gasteiger partial charge in [0.05, 0.1) is 23.2 Å². The number of carboxylic acids is 1. The number of carboxylic acid groups (broad SMARTS) is 1. The first kappa shape index (κ1) is 25.8. The van der Waals surface area contributed by atoms with Crippen molar-refractivity contribution < 1.29 is 37.8 Å². The van der Waals surface area contributed by atoms with E-state index in [0.717, 1.165) is 5.56 Å². The van der Waals surface area contributed by atoms with Crippen molar-refractivity contribution in [1.29, 1.82) is 0 Å². The third-order valence-corrected chi connectivity index (χ3v) is 6.29. The third-order valence-electron chi connectivity index (χ3n) is 4.53. The first-order chi connectivity index (χ1) is 15.7. The summed E-state index contributed by atoms with van der Waals surface area (Å²) in [5.41, 5.74) is 0.779. The summed E-state index contributed by atoms with van der Waals surface area (Å²) in [5, 5.41) is 23.8. The molecule has 10 nitrogen and oxygen atoms in total. The van der Waals surface area contributed by atoms with E-state index < -0.39 is 52.1 Å². The van der Waals surface area contributed by atoms with Gasteiger partial charge in [-0.25, -0.2) is 18.0 Å². The second-order valence-electron chi connectivity index (χ2n) is 7.18. The summed E-state index contributed by atoms with van der Waals surface area (Å²) in [7, 11) is -3.72. The maximum absolute atomic E-state index is 12.3. The molecule has 2 rings (SSSR count). The predicted molar refractivity (Wildman–Crippen MR) is 118 cm³/mol. The van der Waals surface area contributed by atoms with Gasteiger partial charge in [0.15, 0.2) is 9.84 Å². The molecule has 0 aliphatic rings. The number of alkyl carbamates (subject to hydrolysis) is 1. The number of ether oxygens (including phenoxy) is 1. The number of hydrogen-bond acceptors (Lipinski definition) is 7. The number of nitrogens with one attached hydrogen (secondary N) is 2. The Morgan fingerprint density at radius 2 is 1.58 bits per heavy atom. The van der Waals surface area contributed by atoms with Crippen molar-refractivity contribution in [3.05, 3.63) is 66.2 Å². The average Bonchev–Trinajstić information content (AvgIpc) is 2.80. The van der Waals surface area contributed by atoms with Gasteiger partial charge in [-0.05, 0) is 24.1 Å². The molecule has 2 aromatic rings. The molecule has 0 bridgehead atoms. The van der Waals surface area contributed by atoms with Crippen LogP contribution in [0.1, 0.15) is 18.4 Å². The van der Waals surface area contributed by atoms with Crippen molar-refractivity contribution in [2.24, 2.45) is 0 Å². The van der Waals surface area contributed by atoms with Crippen molar-refractivity contribution in [3.63, 3.8) is 0 Å². The lowest BCUT2D eigenvalue weighted by molar-refractivity contribution is -0.142. The Bertz CT molecular complexity index is 1030. The summed E-state index contributed by atoms with van der Waals surface area (Å²) in [4.78, 5) is 35.3. The molecule has 2 amide bonds. The molecule has 0 heterocycles. The van der Waals surface area contributed by atoms with Gasteiger partial charge in [-0.15, -0.1) is 0 Å². The molecule has 0 fully saturated rings. The van der Waals surface area contributed by atoms with Gasteiger partial charge in [0.2, 0.25) is 5.91 Å². The SMILES string of the molecule is O=C(C[C@@H](O)CNC(=O)OCc1ccccc1)N[C@@H](CCS(=O)(=O)c1ccccc1)C(=O)O. The molecule has 0 saturated heterocycles. The highest BCUT2D eigenvalue weighted by molar-refractivity contribution is 7.91. The average molecular weight is 479 g/mol. The van der Waals surface area contributed by atoms with Crippen LogP contribution in [0.3, 0.4) is 0 Å². The maximum atomic E-state index is 12.3. The van der Waals surface area contributed by atoms with Crippen LogP contribution in [0.25, 0.3) is 0 Å². The van der Waals surface area contributed by atoms with E-state index in [1.54, 1.807) is 42.5 Å². The van der Waals surface area contributed by atoms with Crippen LogP contribution in [0, 0.1) is 0 Å². The first-order valence-electron chi connectivity index (χ1n) is 10.1. The minimum absolute atomic E-state index is 0.0371. The monoisotopic (exact) mass is 478 g/mol. The quantitative estimate of drug-likeness (QED) is 0.353. The van der Waals surface area contributed by atoms with Crippen molar-refractivity contribution in [1.82, 2.24) is 10.6 Å². The van der Waals surface area contributed by atoms with Gasteiger partial charge in [-0.2, -0.15) is 0 Å². The number of aliphatic hydroxyl groups excluding tert-OH is 1. The normalized spacial score (nSPS) is 12.9. The smallest absolute Gasteiger partial charge is 0.407 e. The van der Waals surface area contributed by atoms with E-state index in [-0.39, 0.29) is 24.5 Å². The Kier molecular flexibility index (Phi) is 9.83. The van der Waals surface area contributed by atoms with Gasteiger partial charge in [0.25, 0.3) is 0 Å². The largest absolute Gasteiger partial charge is 0.480 e. The second-order valence-corrected chi connectivity index (χ2v) is 9.29. The van der Waals surface area contributed by atoms with E-state index in [1.807, 2.05) is 6.07 Å². The molecule has 0 unspecified atom stereocenters. The molecule has 11 heteroatoms. The number of hydrogen-bond donors (Lipinski definition) is 4. The van der Waals surface area contributed by atoms with Crippen molar-refractivity contribution in [2.45, 2.75) is 36.5 Å². The minimum atomic E-state index is -3.72. The molecule has 33 heavy (non-hydrogen) atoms. The molecule has 0 aliphatic carbocycles. The van der Waals surface area contributed by atoms with Crippen LogP contribution in [0.15, 0.2) is 65.6 Å².